The van der Waals surface area contributed by atoms with E-state index in [-0.39, 0.29) is 16.2 Å². The predicted octanol–water partition coefficient (Wildman–Crippen LogP) is 1.92. The fourth-order valence-corrected chi connectivity index (χ4v) is 1.19. The standard InChI is InChI=1S/C8H7F3N2S/c9-8(10,11)6-3-4(12)1-2-5(6)7(13)14/h1-3H,12H2,(H2,13,14). The van der Waals surface area contributed by atoms with Gasteiger partial charge < -0.3 is 11.5 Å². The summed E-state index contributed by atoms with van der Waals surface area (Å²) in [6, 6.07) is 3.30. The molecule has 0 aliphatic rings. The minimum atomic E-state index is -4.49. The maximum absolute atomic E-state index is 12.4. The van der Waals surface area contributed by atoms with Crippen LogP contribution in [0.3, 0.4) is 0 Å². The van der Waals surface area contributed by atoms with Crippen LogP contribution in [0.2, 0.25) is 0 Å². The fourth-order valence-electron chi connectivity index (χ4n) is 1.01. The smallest absolute Gasteiger partial charge is 0.399 e. The van der Waals surface area contributed by atoms with Gasteiger partial charge in [-0.25, -0.2) is 0 Å². The number of alkyl halides is 3. The van der Waals surface area contributed by atoms with E-state index in [9.17, 15) is 13.2 Å². The molecule has 0 unspecified atom stereocenters. The average molecular weight is 220 g/mol. The second-order valence-corrected chi connectivity index (χ2v) is 3.11. The Hall–Kier alpha value is -1.30. The number of rotatable bonds is 1. The monoisotopic (exact) mass is 220 g/mol. The highest BCUT2D eigenvalue weighted by Gasteiger charge is 2.34. The number of nitrogens with two attached hydrogens (primary N) is 2. The van der Waals surface area contributed by atoms with Gasteiger partial charge in [-0.05, 0) is 18.2 Å². The molecule has 0 atom stereocenters. The van der Waals surface area contributed by atoms with Crippen molar-refractivity contribution < 1.29 is 13.2 Å². The molecule has 0 aliphatic heterocycles. The van der Waals surface area contributed by atoms with Crippen molar-refractivity contribution in [3.05, 3.63) is 29.3 Å². The van der Waals surface area contributed by atoms with Gasteiger partial charge in [-0.1, -0.05) is 12.2 Å². The number of hydrogen-bond acceptors (Lipinski definition) is 2. The quantitative estimate of drug-likeness (QED) is 0.561. The van der Waals surface area contributed by atoms with Crippen molar-refractivity contribution >= 4 is 22.9 Å². The molecule has 0 fully saturated rings. The van der Waals surface area contributed by atoms with E-state index in [0.717, 1.165) is 6.07 Å². The number of anilines is 1. The van der Waals surface area contributed by atoms with Crippen molar-refractivity contribution in [3.8, 4) is 0 Å². The van der Waals surface area contributed by atoms with Crippen LogP contribution in [-0.2, 0) is 6.18 Å². The Morgan fingerprint density at radius 2 is 1.86 bits per heavy atom. The Kier molecular flexibility index (Phi) is 2.66. The molecule has 0 amide bonds. The normalized spacial score (nSPS) is 11.4. The first kappa shape index (κ1) is 10.8. The summed E-state index contributed by atoms with van der Waals surface area (Å²) in [4.78, 5) is -0.294. The van der Waals surface area contributed by atoms with Gasteiger partial charge in [-0.15, -0.1) is 0 Å². The summed E-state index contributed by atoms with van der Waals surface area (Å²) in [6.07, 6.45) is -4.49. The minimum Gasteiger partial charge on any atom is -0.399 e. The van der Waals surface area contributed by atoms with Gasteiger partial charge >= 0.3 is 6.18 Å². The number of halogens is 3. The zero-order valence-electron chi connectivity index (χ0n) is 6.93. The first-order valence-corrected chi connectivity index (χ1v) is 3.99. The van der Waals surface area contributed by atoms with Crippen LogP contribution in [0, 0.1) is 0 Å². The molecule has 0 radical (unpaired) electrons. The van der Waals surface area contributed by atoms with E-state index in [4.69, 9.17) is 11.5 Å². The zero-order chi connectivity index (χ0) is 10.9. The van der Waals surface area contributed by atoms with E-state index in [1.165, 1.54) is 12.1 Å². The molecule has 76 valence electrons. The van der Waals surface area contributed by atoms with Crippen LogP contribution in [0.4, 0.5) is 18.9 Å². The largest absolute Gasteiger partial charge is 0.417 e. The molecule has 1 aromatic rings. The van der Waals surface area contributed by atoms with E-state index >= 15 is 0 Å². The molecule has 0 saturated heterocycles. The molecule has 0 spiro atoms. The maximum Gasteiger partial charge on any atom is 0.417 e. The fraction of sp³-hybridized carbons (Fsp3) is 0.125. The van der Waals surface area contributed by atoms with Crippen molar-refractivity contribution in [3.63, 3.8) is 0 Å². The zero-order valence-corrected chi connectivity index (χ0v) is 7.75. The van der Waals surface area contributed by atoms with Crippen LogP contribution in [-0.4, -0.2) is 4.99 Å². The van der Waals surface area contributed by atoms with Crippen LogP contribution >= 0.6 is 12.2 Å². The molecule has 0 saturated carbocycles. The molecule has 6 heteroatoms. The lowest BCUT2D eigenvalue weighted by Gasteiger charge is -2.12. The van der Waals surface area contributed by atoms with Crippen molar-refractivity contribution in [2.45, 2.75) is 6.18 Å². The van der Waals surface area contributed by atoms with Crippen molar-refractivity contribution in [1.29, 1.82) is 0 Å². The first-order valence-electron chi connectivity index (χ1n) is 3.59. The third-order valence-electron chi connectivity index (χ3n) is 1.61. The molecular weight excluding hydrogens is 213 g/mol. The third kappa shape index (κ3) is 2.14. The van der Waals surface area contributed by atoms with E-state index in [2.05, 4.69) is 12.2 Å². The van der Waals surface area contributed by atoms with Gasteiger partial charge in [0.2, 0.25) is 0 Å². The molecule has 0 aliphatic carbocycles. The van der Waals surface area contributed by atoms with Crippen LogP contribution in [0.1, 0.15) is 11.1 Å². The number of hydrogen-bond donors (Lipinski definition) is 2. The minimum absolute atomic E-state index is 0.0253. The van der Waals surface area contributed by atoms with E-state index in [0.29, 0.717) is 0 Å². The van der Waals surface area contributed by atoms with E-state index < -0.39 is 11.7 Å². The third-order valence-corrected chi connectivity index (χ3v) is 1.83. The molecule has 2 nitrogen and oxygen atoms in total. The summed E-state index contributed by atoms with van der Waals surface area (Å²) in [5.41, 5.74) is 9.31. The lowest BCUT2D eigenvalue weighted by atomic mass is 10.1. The average Bonchev–Trinajstić information content (AvgIpc) is 2.01. The van der Waals surface area contributed by atoms with Gasteiger partial charge in [-0.3, -0.25) is 0 Å². The molecular formula is C8H7F3N2S. The summed E-state index contributed by atoms with van der Waals surface area (Å²) < 4.78 is 37.3. The van der Waals surface area contributed by atoms with E-state index in [1.807, 2.05) is 0 Å². The summed E-state index contributed by atoms with van der Waals surface area (Å²) >= 11 is 4.50. The van der Waals surface area contributed by atoms with E-state index in [1.54, 1.807) is 0 Å². The Morgan fingerprint density at radius 1 is 1.29 bits per heavy atom. The summed E-state index contributed by atoms with van der Waals surface area (Å²) in [5, 5.41) is 0. The second kappa shape index (κ2) is 3.45. The van der Waals surface area contributed by atoms with Crippen molar-refractivity contribution in [1.82, 2.24) is 0 Å². The van der Waals surface area contributed by atoms with Gasteiger partial charge in [0.15, 0.2) is 0 Å². The lowest BCUT2D eigenvalue weighted by Crippen LogP contribution is -2.18. The topological polar surface area (TPSA) is 52.0 Å². The van der Waals surface area contributed by atoms with Crippen LogP contribution in [0.5, 0.6) is 0 Å². The highest BCUT2D eigenvalue weighted by atomic mass is 32.1. The summed E-state index contributed by atoms with van der Waals surface area (Å²) in [5.74, 6) is 0. The van der Waals surface area contributed by atoms with Gasteiger partial charge in [0.1, 0.15) is 4.99 Å². The molecule has 1 rings (SSSR count). The Balaban J connectivity index is 3.38. The van der Waals surface area contributed by atoms with Crippen molar-refractivity contribution in [2.75, 3.05) is 5.73 Å². The summed E-state index contributed by atoms with van der Waals surface area (Å²) in [6.45, 7) is 0. The molecule has 4 N–H and O–H groups in total. The van der Waals surface area contributed by atoms with Gasteiger partial charge in [0.05, 0.1) is 5.56 Å². The summed E-state index contributed by atoms with van der Waals surface area (Å²) in [7, 11) is 0. The van der Waals surface area contributed by atoms with Gasteiger partial charge in [0, 0.05) is 11.3 Å². The van der Waals surface area contributed by atoms with Crippen LogP contribution in [0.25, 0.3) is 0 Å². The number of thiocarbonyl (C=S) groups is 1. The first-order chi connectivity index (χ1) is 6.32. The predicted molar refractivity (Wildman–Crippen MR) is 51.7 cm³/mol. The Bertz CT molecular complexity index is 373. The van der Waals surface area contributed by atoms with Crippen LogP contribution < -0.4 is 11.5 Å². The number of benzene rings is 1. The van der Waals surface area contributed by atoms with Gasteiger partial charge in [-0.2, -0.15) is 13.2 Å². The Morgan fingerprint density at radius 3 is 2.29 bits per heavy atom. The second-order valence-electron chi connectivity index (χ2n) is 2.67. The highest BCUT2D eigenvalue weighted by Crippen LogP contribution is 2.33. The molecule has 0 bridgehead atoms. The lowest BCUT2D eigenvalue weighted by molar-refractivity contribution is -0.137. The number of nitrogen functional groups attached to an aromatic ring is 1. The highest BCUT2D eigenvalue weighted by molar-refractivity contribution is 7.80. The molecule has 1 aromatic carbocycles. The van der Waals surface area contributed by atoms with Crippen molar-refractivity contribution in [2.24, 2.45) is 5.73 Å². The molecule has 0 heterocycles. The SMILES string of the molecule is NC(=S)c1ccc(N)cc1C(F)(F)F. The Labute approximate surface area is 83.7 Å². The van der Waals surface area contributed by atoms with Gasteiger partial charge in [0.25, 0.3) is 0 Å². The maximum atomic E-state index is 12.4. The molecule has 14 heavy (non-hydrogen) atoms. The molecule has 0 aromatic heterocycles. The van der Waals surface area contributed by atoms with Crippen LogP contribution in [0.15, 0.2) is 18.2 Å².